The number of ketones is 1. The number of para-hydroxylation sites is 1. The maximum Gasteiger partial charge on any atom is 0.168 e. The Hall–Kier alpha value is -1.96. The van der Waals surface area contributed by atoms with Crippen LogP contribution in [0.15, 0.2) is 49.2 Å². The molecule has 0 radical (unpaired) electrons. The number of rotatable bonds is 3. The Labute approximate surface area is 88.3 Å². The van der Waals surface area contributed by atoms with E-state index in [-0.39, 0.29) is 5.78 Å². The number of nitrogens with zero attached hydrogens (tertiary/aromatic N) is 1. The number of pyridine rings is 1. The van der Waals surface area contributed by atoms with Crippen molar-refractivity contribution in [2.75, 3.05) is 0 Å². The Morgan fingerprint density at radius 3 is 2.93 bits per heavy atom. The number of carbonyl (C=O) groups is 1. The minimum absolute atomic E-state index is 0.0642. The molecule has 0 saturated carbocycles. The van der Waals surface area contributed by atoms with Crippen LogP contribution in [0, 0.1) is 0 Å². The summed E-state index contributed by atoms with van der Waals surface area (Å²) in [4.78, 5) is 16.0. The molecule has 0 aliphatic carbocycles. The van der Waals surface area contributed by atoms with Gasteiger partial charge in [-0.25, -0.2) is 0 Å². The van der Waals surface area contributed by atoms with E-state index in [4.69, 9.17) is 0 Å². The zero-order chi connectivity index (χ0) is 10.7. The van der Waals surface area contributed by atoms with Crippen LogP contribution in [0.1, 0.15) is 16.8 Å². The molecule has 74 valence electrons. The molecule has 0 bridgehead atoms. The fourth-order valence-corrected chi connectivity index (χ4v) is 1.57. The van der Waals surface area contributed by atoms with Gasteiger partial charge in [0.25, 0.3) is 0 Å². The van der Waals surface area contributed by atoms with E-state index < -0.39 is 0 Å². The molecule has 0 spiro atoms. The minimum atomic E-state index is 0.0642. The maximum absolute atomic E-state index is 11.7. The third-order valence-corrected chi connectivity index (χ3v) is 2.26. The van der Waals surface area contributed by atoms with Crippen molar-refractivity contribution in [2.24, 2.45) is 0 Å². The molecule has 0 atom stereocenters. The number of hydrogen-bond donors (Lipinski definition) is 0. The molecule has 0 aliphatic heterocycles. The van der Waals surface area contributed by atoms with Crippen molar-refractivity contribution in [3.63, 3.8) is 0 Å². The van der Waals surface area contributed by atoms with Gasteiger partial charge in [-0.15, -0.1) is 6.58 Å². The monoisotopic (exact) mass is 197 g/mol. The number of fused-ring (bicyclic) bond motifs is 1. The molecule has 0 aliphatic rings. The van der Waals surface area contributed by atoms with E-state index in [2.05, 4.69) is 11.6 Å². The zero-order valence-electron chi connectivity index (χ0n) is 8.31. The topological polar surface area (TPSA) is 30.0 Å². The predicted molar refractivity (Wildman–Crippen MR) is 60.9 cm³/mol. The summed E-state index contributed by atoms with van der Waals surface area (Å²) < 4.78 is 0. The lowest BCUT2D eigenvalue weighted by Crippen LogP contribution is -1.99. The highest BCUT2D eigenvalue weighted by atomic mass is 16.1. The van der Waals surface area contributed by atoms with Crippen LogP contribution in [-0.2, 0) is 0 Å². The summed E-state index contributed by atoms with van der Waals surface area (Å²) in [5, 5.41) is 0.993. The van der Waals surface area contributed by atoms with Crippen molar-refractivity contribution in [3.05, 3.63) is 54.7 Å². The van der Waals surface area contributed by atoms with Gasteiger partial charge in [-0.2, -0.15) is 0 Å². The van der Waals surface area contributed by atoms with Crippen LogP contribution in [0.4, 0.5) is 0 Å². The Bertz CT molecular complexity index is 511. The smallest absolute Gasteiger partial charge is 0.168 e. The molecule has 2 rings (SSSR count). The molecule has 0 amide bonds. The van der Waals surface area contributed by atoms with Crippen LogP contribution < -0.4 is 0 Å². The highest BCUT2D eigenvalue weighted by molar-refractivity contribution is 6.07. The first-order valence-electron chi connectivity index (χ1n) is 4.81. The van der Waals surface area contributed by atoms with Crippen molar-refractivity contribution in [1.82, 2.24) is 4.98 Å². The first kappa shape index (κ1) is 9.59. The average molecular weight is 197 g/mol. The number of Topliss-reactive ketones (excluding diaryl/α,β-unsaturated/α-hetero) is 1. The van der Waals surface area contributed by atoms with Gasteiger partial charge in [0, 0.05) is 23.6 Å². The van der Waals surface area contributed by atoms with Gasteiger partial charge in [0.1, 0.15) is 0 Å². The van der Waals surface area contributed by atoms with E-state index in [1.54, 1.807) is 18.3 Å². The van der Waals surface area contributed by atoms with Gasteiger partial charge in [-0.1, -0.05) is 24.3 Å². The Morgan fingerprint density at radius 2 is 2.13 bits per heavy atom. The largest absolute Gasteiger partial charge is 0.294 e. The second-order valence-electron chi connectivity index (χ2n) is 3.30. The first-order chi connectivity index (χ1) is 7.33. The highest BCUT2D eigenvalue weighted by Gasteiger charge is 2.08. The van der Waals surface area contributed by atoms with Crippen LogP contribution in [0.2, 0.25) is 0 Å². The van der Waals surface area contributed by atoms with Crippen molar-refractivity contribution in [2.45, 2.75) is 6.42 Å². The van der Waals surface area contributed by atoms with Crippen LogP contribution in [0.25, 0.3) is 10.9 Å². The second kappa shape index (κ2) is 4.05. The number of benzene rings is 1. The zero-order valence-corrected chi connectivity index (χ0v) is 8.31. The molecule has 2 nitrogen and oxygen atoms in total. The SMILES string of the molecule is C=CCC(=O)c1cccc2cccnc12. The quantitative estimate of drug-likeness (QED) is 0.559. The van der Waals surface area contributed by atoms with Crippen LogP contribution >= 0.6 is 0 Å². The molecule has 0 fully saturated rings. The average Bonchev–Trinajstić information content (AvgIpc) is 2.28. The molecule has 2 heteroatoms. The molecule has 2 aromatic rings. The second-order valence-corrected chi connectivity index (χ2v) is 3.30. The summed E-state index contributed by atoms with van der Waals surface area (Å²) in [6.07, 6.45) is 3.67. The van der Waals surface area contributed by atoms with Crippen LogP contribution in [0.3, 0.4) is 0 Å². The van der Waals surface area contributed by atoms with E-state index in [1.807, 2.05) is 24.3 Å². The fourth-order valence-electron chi connectivity index (χ4n) is 1.57. The summed E-state index contributed by atoms with van der Waals surface area (Å²) >= 11 is 0. The summed E-state index contributed by atoms with van der Waals surface area (Å²) in [6, 6.07) is 9.45. The fraction of sp³-hybridized carbons (Fsp3) is 0.0769. The van der Waals surface area contributed by atoms with Crippen LogP contribution in [-0.4, -0.2) is 10.8 Å². The molecule has 1 aromatic heterocycles. The van der Waals surface area contributed by atoms with E-state index >= 15 is 0 Å². The van der Waals surface area contributed by atoms with Crippen molar-refractivity contribution < 1.29 is 4.79 Å². The third-order valence-electron chi connectivity index (χ3n) is 2.26. The van der Waals surface area contributed by atoms with Gasteiger partial charge < -0.3 is 0 Å². The molecule has 15 heavy (non-hydrogen) atoms. The van der Waals surface area contributed by atoms with Gasteiger partial charge in [-0.3, -0.25) is 9.78 Å². The number of carbonyl (C=O) groups excluding carboxylic acids is 1. The highest BCUT2D eigenvalue weighted by Crippen LogP contribution is 2.17. The van der Waals surface area contributed by atoms with Crippen molar-refractivity contribution in [1.29, 1.82) is 0 Å². The molecule has 0 unspecified atom stereocenters. The Kier molecular flexibility index (Phi) is 2.59. The summed E-state index contributed by atoms with van der Waals surface area (Å²) in [5.74, 6) is 0.0642. The van der Waals surface area contributed by atoms with E-state index in [9.17, 15) is 4.79 Å². The lowest BCUT2D eigenvalue weighted by molar-refractivity contribution is 0.0997. The Balaban J connectivity index is 2.60. The number of aromatic nitrogens is 1. The number of allylic oxidation sites excluding steroid dienone is 1. The van der Waals surface area contributed by atoms with Crippen molar-refractivity contribution >= 4 is 16.7 Å². The van der Waals surface area contributed by atoms with Crippen molar-refractivity contribution in [3.8, 4) is 0 Å². The first-order valence-corrected chi connectivity index (χ1v) is 4.81. The number of hydrogen-bond acceptors (Lipinski definition) is 2. The van der Waals surface area contributed by atoms with E-state index in [0.29, 0.717) is 12.0 Å². The normalized spacial score (nSPS) is 10.1. The molecular weight excluding hydrogens is 186 g/mol. The summed E-state index contributed by atoms with van der Waals surface area (Å²) in [5.41, 5.74) is 1.44. The van der Waals surface area contributed by atoms with Gasteiger partial charge in [0.15, 0.2) is 5.78 Å². The van der Waals surface area contributed by atoms with E-state index in [0.717, 1.165) is 10.9 Å². The molecule has 1 heterocycles. The van der Waals surface area contributed by atoms with Gasteiger partial charge in [-0.05, 0) is 12.1 Å². The third kappa shape index (κ3) is 1.79. The lowest BCUT2D eigenvalue weighted by Gasteiger charge is -2.02. The standard InChI is InChI=1S/C13H11NO/c1-2-5-12(15)11-8-3-6-10-7-4-9-14-13(10)11/h2-4,6-9H,1,5H2. The maximum atomic E-state index is 11.7. The minimum Gasteiger partial charge on any atom is -0.294 e. The predicted octanol–water partition coefficient (Wildman–Crippen LogP) is 2.99. The van der Waals surface area contributed by atoms with Gasteiger partial charge >= 0.3 is 0 Å². The summed E-state index contributed by atoms with van der Waals surface area (Å²) in [6.45, 7) is 3.56. The lowest BCUT2D eigenvalue weighted by atomic mass is 10.0. The molecule has 0 N–H and O–H groups in total. The van der Waals surface area contributed by atoms with Gasteiger partial charge in [0.2, 0.25) is 0 Å². The molecule has 1 aromatic carbocycles. The van der Waals surface area contributed by atoms with Crippen LogP contribution in [0.5, 0.6) is 0 Å². The van der Waals surface area contributed by atoms with E-state index in [1.165, 1.54) is 0 Å². The van der Waals surface area contributed by atoms with Gasteiger partial charge in [0.05, 0.1) is 5.52 Å². The molecular formula is C13H11NO. The Morgan fingerprint density at radius 1 is 1.33 bits per heavy atom. The summed E-state index contributed by atoms with van der Waals surface area (Å²) in [7, 11) is 0. The molecule has 0 saturated heterocycles.